The Morgan fingerprint density at radius 2 is 2.00 bits per heavy atom. The Morgan fingerprint density at radius 1 is 1.26 bits per heavy atom. The average Bonchev–Trinajstić information content (AvgIpc) is 3.13. The van der Waals surface area contributed by atoms with Gasteiger partial charge in [-0.2, -0.15) is 13.2 Å². The topological polar surface area (TPSA) is 108 Å². The van der Waals surface area contributed by atoms with Gasteiger partial charge < -0.3 is 19.1 Å². The van der Waals surface area contributed by atoms with Gasteiger partial charge in [-0.25, -0.2) is 0 Å². The number of hydrogen-bond acceptors (Lipinski definition) is 8. The molecule has 0 aliphatic carbocycles. The number of carbonyl (C=O) groups excluding carboxylic acids is 1. The third kappa shape index (κ3) is 4.55. The van der Waals surface area contributed by atoms with Gasteiger partial charge in [0.2, 0.25) is 5.88 Å². The Balaban J connectivity index is 1.72. The van der Waals surface area contributed by atoms with E-state index in [4.69, 9.17) is 19.9 Å². The summed E-state index contributed by atoms with van der Waals surface area (Å²) in [6, 6.07) is 5.41. The van der Waals surface area contributed by atoms with Gasteiger partial charge in [0.05, 0.1) is 32.6 Å². The summed E-state index contributed by atoms with van der Waals surface area (Å²) in [6.07, 6.45) is -4.72. The van der Waals surface area contributed by atoms with Crippen LogP contribution < -0.4 is 24.8 Å². The van der Waals surface area contributed by atoms with E-state index in [9.17, 15) is 18.0 Å². The van der Waals surface area contributed by atoms with Crippen LogP contribution in [0.5, 0.6) is 11.6 Å². The van der Waals surface area contributed by atoms with Crippen LogP contribution in [-0.4, -0.2) is 60.5 Å². The summed E-state index contributed by atoms with van der Waals surface area (Å²) in [5.74, 6) is -0.591. The van der Waals surface area contributed by atoms with Gasteiger partial charge in [0.1, 0.15) is 5.56 Å². The highest BCUT2D eigenvalue weighted by Gasteiger charge is 2.38. The summed E-state index contributed by atoms with van der Waals surface area (Å²) in [5, 5.41) is 8.44. The Kier molecular flexibility index (Phi) is 6.46. The fourth-order valence-corrected chi connectivity index (χ4v) is 3.74. The third-order valence-corrected chi connectivity index (χ3v) is 5.33. The first-order chi connectivity index (χ1) is 16.2. The number of methoxy groups -OCH3 is 1. The van der Waals surface area contributed by atoms with Gasteiger partial charge in [-0.15, -0.1) is 4.68 Å². The van der Waals surface area contributed by atoms with Gasteiger partial charge in [-0.1, -0.05) is 14.7 Å². The minimum atomic E-state index is -4.72. The number of ketones is 1. The van der Waals surface area contributed by atoms with Crippen LogP contribution in [0, 0.1) is 0 Å². The molecule has 0 spiro atoms. The number of carbonyl (C=O) groups is 1. The fourth-order valence-electron chi connectivity index (χ4n) is 3.74. The number of nitrogens with two attached hydrogens (primary N) is 1. The van der Waals surface area contributed by atoms with Crippen LogP contribution >= 0.6 is 0 Å². The first kappa shape index (κ1) is 23.5. The van der Waals surface area contributed by atoms with Crippen LogP contribution in [0.15, 0.2) is 24.3 Å². The second-order valence-corrected chi connectivity index (χ2v) is 7.49. The van der Waals surface area contributed by atoms with Crippen LogP contribution in [0.2, 0.25) is 0 Å². The van der Waals surface area contributed by atoms with Crippen molar-refractivity contribution in [1.82, 2.24) is 14.7 Å². The summed E-state index contributed by atoms with van der Waals surface area (Å²) < 4.78 is 59.8. The lowest BCUT2D eigenvalue weighted by atomic mass is 10.0. The molecule has 0 radical (unpaired) electrons. The van der Waals surface area contributed by atoms with E-state index in [0.29, 0.717) is 44.4 Å². The molecular formula is C21H24F3N6O4+. The van der Waals surface area contributed by atoms with Crippen LogP contribution in [-0.2, 0) is 17.5 Å². The first-order valence-corrected chi connectivity index (χ1v) is 10.6. The smallest absolute Gasteiger partial charge is 0.420 e. The molecule has 2 aromatic heterocycles. The molecule has 2 N–H and O–H groups in total. The van der Waals surface area contributed by atoms with E-state index in [2.05, 4.69) is 10.2 Å². The zero-order valence-electron chi connectivity index (χ0n) is 18.6. The predicted molar refractivity (Wildman–Crippen MR) is 114 cm³/mol. The van der Waals surface area contributed by atoms with Gasteiger partial charge in [0, 0.05) is 30.8 Å². The minimum Gasteiger partial charge on any atom is -0.494 e. The molecule has 0 atom stereocenters. The molecule has 10 nitrogen and oxygen atoms in total. The highest BCUT2D eigenvalue weighted by Crippen LogP contribution is 2.43. The van der Waals surface area contributed by atoms with Crippen molar-refractivity contribution in [3.63, 3.8) is 0 Å². The van der Waals surface area contributed by atoms with Crippen molar-refractivity contribution in [3.05, 3.63) is 35.4 Å². The summed E-state index contributed by atoms with van der Waals surface area (Å²) >= 11 is 0. The zero-order valence-corrected chi connectivity index (χ0v) is 18.6. The molecule has 13 heteroatoms. The van der Waals surface area contributed by atoms with Crippen LogP contribution in [0.3, 0.4) is 0 Å². The lowest BCUT2D eigenvalue weighted by Crippen LogP contribution is -2.42. The number of morpholine rings is 1. The van der Waals surface area contributed by atoms with Crippen molar-refractivity contribution in [2.45, 2.75) is 19.6 Å². The SMILES string of the molecule is CCOc1ccc2n[n+](CC(=O)c3cc(N4CCOCC4)c(OC)c(C(F)(F)F)c3)c(N)n2n1. The van der Waals surface area contributed by atoms with E-state index >= 15 is 0 Å². The largest absolute Gasteiger partial charge is 0.494 e. The lowest BCUT2D eigenvalue weighted by Gasteiger charge is -2.31. The van der Waals surface area contributed by atoms with Crippen molar-refractivity contribution in [2.75, 3.05) is 50.7 Å². The molecule has 1 fully saturated rings. The summed E-state index contributed by atoms with van der Waals surface area (Å²) in [5.41, 5.74) is 5.46. The molecule has 1 aliphatic heterocycles. The number of nitrogen functional groups attached to an aromatic ring is 1. The molecule has 0 saturated carbocycles. The van der Waals surface area contributed by atoms with Crippen molar-refractivity contribution in [3.8, 4) is 11.6 Å². The quantitative estimate of drug-likeness (QED) is 0.402. The van der Waals surface area contributed by atoms with Crippen LogP contribution in [0.1, 0.15) is 22.8 Å². The van der Waals surface area contributed by atoms with E-state index in [-0.39, 0.29) is 29.5 Å². The molecule has 182 valence electrons. The minimum absolute atomic E-state index is 0.0304. The maximum Gasteiger partial charge on any atom is 0.420 e. The number of rotatable bonds is 7. The van der Waals surface area contributed by atoms with Crippen molar-refractivity contribution >= 4 is 23.1 Å². The second-order valence-electron chi connectivity index (χ2n) is 7.49. The van der Waals surface area contributed by atoms with Gasteiger partial charge in [-0.05, 0) is 19.1 Å². The van der Waals surface area contributed by atoms with Gasteiger partial charge in [-0.3, -0.25) is 10.5 Å². The molecule has 1 aromatic carbocycles. The lowest BCUT2D eigenvalue weighted by molar-refractivity contribution is -0.723. The van der Waals surface area contributed by atoms with Crippen molar-refractivity contribution in [2.24, 2.45) is 0 Å². The van der Waals surface area contributed by atoms with E-state index in [1.807, 2.05) is 0 Å². The van der Waals surface area contributed by atoms with Crippen LogP contribution in [0.4, 0.5) is 24.8 Å². The molecule has 0 unspecified atom stereocenters. The number of Topliss-reactive ketones (excluding diaryl/α,β-unsaturated/α-hetero) is 1. The molecular weight excluding hydrogens is 457 g/mol. The second kappa shape index (κ2) is 9.33. The number of hydrogen-bond donors (Lipinski definition) is 1. The Bertz CT molecular complexity index is 1210. The molecule has 34 heavy (non-hydrogen) atoms. The molecule has 4 rings (SSSR count). The van der Waals surface area contributed by atoms with Gasteiger partial charge in [0.15, 0.2) is 18.1 Å². The Hall–Kier alpha value is -3.61. The fraction of sp³-hybridized carbons (Fsp3) is 0.429. The van der Waals surface area contributed by atoms with Crippen LogP contribution in [0.25, 0.3) is 5.65 Å². The normalized spacial score (nSPS) is 14.4. The van der Waals surface area contributed by atoms with Gasteiger partial charge >= 0.3 is 12.1 Å². The molecule has 3 aromatic rings. The highest BCUT2D eigenvalue weighted by molar-refractivity contribution is 5.97. The number of halogens is 3. The maximum absolute atomic E-state index is 13.9. The molecule has 1 saturated heterocycles. The maximum atomic E-state index is 13.9. The van der Waals surface area contributed by atoms with Crippen molar-refractivity contribution < 1.29 is 36.9 Å². The number of ether oxygens (including phenoxy) is 3. The molecule has 1 aliphatic rings. The summed E-state index contributed by atoms with van der Waals surface area (Å²) in [7, 11) is 1.17. The first-order valence-electron chi connectivity index (χ1n) is 10.6. The number of fused-ring (bicyclic) bond motifs is 1. The Morgan fingerprint density at radius 3 is 2.65 bits per heavy atom. The van der Waals surface area contributed by atoms with Gasteiger partial charge in [0.25, 0.3) is 5.65 Å². The number of benzene rings is 1. The number of anilines is 2. The molecule has 0 bridgehead atoms. The Labute approximate surface area is 192 Å². The number of aromatic nitrogens is 4. The third-order valence-electron chi connectivity index (χ3n) is 5.33. The standard InChI is InChI=1S/C21H23F3N6O4/c1-3-34-18-5-4-17-26-29(20(25)30(17)27-18)12-16(31)13-10-14(21(22,23)24)19(32-2)15(11-13)28-6-8-33-9-7-28/h4-5,10-11,25H,3,6-9,12H2,1-2H3/p+1. The molecule has 0 amide bonds. The predicted octanol–water partition coefficient (Wildman–Crippen LogP) is 1.74. The molecule has 3 heterocycles. The van der Waals surface area contributed by atoms with E-state index in [0.717, 1.165) is 6.07 Å². The van der Waals surface area contributed by atoms with E-state index in [1.165, 1.54) is 22.4 Å². The van der Waals surface area contributed by atoms with E-state index < -0.39 is 17.5 Å². The number of alkyl halides is 3. The van der Waals surface area contributed by atoms with E-state index in [1.54, 1.807) is 24.0 Å². The highest BCUT2D eigenvalue weighted by atomic mass is 19.4. The zero-order chi connectivity index (χ0) is 24.5. The monoisotopic (exact) mass is 481 g/mol. The summed E-state index contributed by atoms with van der Waals surface area (Å²) in [4.78, 5) is 14.8. The average molecular weight is 481 g/mol. The number of nitrogens with zero attached hydrogens (tertiary/aromatic N) is 5. The van der Waals surface area contributed by atoms with Crippen molar-refractivity contribution in [1.29, 1.82) is 0 Å². The summed E-state index contributed by atoms with van der Waals surface area (Å²) in [6.45, 7) is 3.26.